The van der Waals surface area contributed by atoms with Gasteiger partial charge < -0.3 is 15.6 Å². The Kier molecular flexibility index (Phi) is 4.39. The van der Waals surface area contributed by atoms with Crippen molar-refractivity contribution in [3.8, 4) is 5.75 Å². The molecule has 104 valence electrons. The van der Waals surface area contributed by atoms with Gasteiger partial charge in [-0.15, -0.1) is 0 Å². The predicted octanol–water partition coefficient (Wildman–Crippen LogP) is 1.24. The van der Waals surface area contributed by atoms with Crippen LogP contribution < -0.4 is 10.5 Å². The highest BCUT2D eigenvalue weighted by molar-refractivity contribution is 5.66. The van der Waals surface area contributed by atoms with Gasteiger partial charge in [-0.1, -0.05) is 12.1 Å². The summed E-state index contributed by atoms with van der Waals surface area (Å²) in [5.74, 6) is 0.0248. The Hall–Kier alpha value is -1.59. The Bertz CT molecular complexity index is 427. The van der Waals surface area contributed by atoms with E-state index in [1.54, 1.807) is 0 Å². The van der Waals surface area contributed by atoms with E-state index in [2.05, 4.69) is 11.9 Å². The highest BCUT2D eigenvalue weighted by Gasteiger charge is 2.24. The number of likely N-dealkylation sites (N-methyl/N-ethyl adjacent to an activating group) is 1. The highest BCUT2D eigenvalue weighted by atomic mass is 16.5. The first-order valence-corrected chi connectivity index (χ1v) is 6.47. The van der Waals surface area contributed by atoms with Crippen LogP contribution in [0.2, 0.25) is 0 Å². The predicted molar refractivity (Wildman–Crippen MR) is 72.2 cm³/mol. The Balaban J connectivity index is 1.85. The number of likely N-dealkylation sites (tertiary alicyclic amines) is 1. The van der Waals surface area contributed by atoms with Gasteiger partial charge in [0.2, 0.25) is 0 Å². The molecule has 0 aliphatic carbocycles. The van der Waals surface area contributed by atoms with Crippen molar-refractivity contribution in [3.63, 3.8) is 0 Å². The minimum atomic E-state index is -0.815. The Morgan fingerprint density at radius 1 is 1.47 bits per heavy atom. The van der Waals surface area contributed by atoms with Crippen LogP contribution in [0.4, 0.5) is 0 Å². The number of ether oxygens (including phenoxy) is 1. The van der Waals surface area contributed by atoms with Crippen molar-refractivity contribution in [1.29, 1.82) is 0 Å². The lowest BCUT2D eigenvalue weighted by Gasteiger charge is -2.36. The van der Waals surface area contributed by atoms with Crippen LogP contribution in [0.3, 0.4) is 0 Å². The molecule has 3 N–H and O–H groups in total. The fourth-order valence-electron chi connectivity index (χ4n) is 2.15. The third-order valence-corrected chi connectivity index (χ3v) is 3.31. The number of hydrogen-bond acceptors (Lipinski definition) is 4. The van der Waals surface area contributed by atoms with E-state index in [-0.39, 0.29) is 18.6 Å². The van der Waals surface area contributed by atoms with E-state index in [0.29, 0.717) is 6.42 Å². The van der Waals surface area contributed by atoms with Crippen molar-refractivity contribution >= 4 is 5.97 Å². The Morgan fingerprint density at radius 2 is 2.11 bits per heavy atom. The minimum absolute atomic E-state index is 0.0911. The summed E-state index contributed by atoms with van der Waals surface area (Å²) in [6.07, 6.45) is 0.813. The summed E-state index contributed by atoms with van der Waals surface area (Å²) < 4.78 is 5.78. The molecule has 1 atom stereocenters. The summed E-state index contributed by atoms with van der Waals surface area (Å²) in [5.41, 5.74) is 6.88. The third kappa shape index (κ3) is 3.94. The zero-order chi connectivity index (χ0) is 13.8. The zero-order valence-electron chi connectivity index (χ0n) is 11.1. The fraction of sp³-hybridized carbons (Fsp3) is 0.500. The maximum atomic E-state index is 10.5. The summed E-state index contributed by atoms with van der Waals surface area (Å²) in [4.78, 5) is 12.7. The van der Waals surface area contributed by atoms with Crippen LogP contribution in [0.5, 0.6) is 5.75 Å². The topological polar surface area (TPSA) is 75.8 Å². The van der Waals surface area contributed by atoms with Gasteiger partial charge in [-0.2, -0.15) is 0 Å². The number of aliphatic carboxylic acids is 1. The van der Waals surface area contributed by atoms with Crippen molar-refractivity contribution in [3.05, 3.63) is 29.8 Å². The van der Waals surface area contributed by atoms with Gasteiger partial charge in [0.05, 0.1) is 0 Å². The lowest BCUT2D eigenvalue weighted by Crippen LogP contribution is -2.51. The number of carboxylic acids is 1. The van der Waals surface area contributed by atoms with E-state index in [9.17, 15) is 4.79 Å². The summed E-state index contributed by atoms with van der Waals surface area (Å²) in [7, 11) is 2.06. The van der Waals surface area contributed by atoms with Crippen LogP contribution in [-0.2, 0) is 4.79 Å². The summed E-state index contributed by atoms with van der Waals surface area (Å²) in [6, 6.07) is 7.37. The molecule has 0 saturated carbocycles. The third-order valence-electron chi connectivity index (χ3n) is 3.31. The molecule has 5 heteroatoms. The normalized spacial score (nSPS) is 17.8. The fourth-order valence-corrected chi connectivity index (χ4v) is 2.15. The maximum absolute atomic E-state index is 10.5. The molecule has 0 spiro atoms. The minimum Gasteiger partial charge on any atom is -0.488 e. The quantitative estimate of drug-likeness (QED) is 0.808. The maximum Gasteiger partial charge on any atom is 0.303 e. The summed E-state index contributed by atoms with van der Waals surface area (Å²) >= 11 is 0. The second-order valence-electron chi connectivity index (χ2n) is 5.07. The van der Waals surface area contributed by atoms with Gasteiger partial charge in [0.15, 0.2) is 0 Å². The molecule has 19 heavy (non-hydrogen) atoms. The van der Waals surface area contributed by atoms with Gasteiger partial charge >= 0.3 is 5.97 Å². The van der Waals surface area contributed by atoms with Crippen LogP contribution in [-0.4, -0.2) is 42.2 Å². The van der Waals surface area contributed by atoms with E-state index < -0.39 is 5.97 Å². The Morgan fingerprint density at radius 3 is 2.63 bits per heavy atom. The monoisotopic (exact) mass is 264 g/mol. The van der Waals surface area contributed by atoms with Crippen LogP contribution in [0.15, 0.2) is 24.3 Å². The van der Waals surface area contributed by atoms with E-state index >= 15 is 0 Å². The molecule has 1 heterocycles. The molecule has 1 aromatic carbocycles. The molecule has 1 aromatic rings. The smallest absolute Gasteiger partial charge is 0.303 e. The van der Waals surface area contributed by atoms with E-state index in [0.717, 1.165) is 24.4 Å². The first kappa shape index (κ1) is 13.8. The average Bonchev–Trinajstić information content (AvgIpc) is 2.35. The highest BCUT2D eigenvalue weighted by Crippen LogP contribution is 2.21. The van der Waals surface area contributed by atoms with Crippen molar-refractivity contribution in [2.75, 3.05) is 20.1 Å². The van der Waals surface area contributed by atoms with E-state index in [1.807, 2.05) is 24.3 Å². The van der Waals surface area contributed by atoms with Crippen LogP contribution in [0, 0.1) is 0 Å². The zero-order valence-corrected chi connectivity index (χ0v) is 11.1. The van der Waals surface area contributed by atoms with Gasteiger partial charge in [0.1, 0.15) is 11.9 Å². The number of carboxylic acid groups (broad SMARTS) is 1. The first-order chi connectivity index (χ1) is 9.04. The standard InChI is InChI=1S/C14H20N2O3/c1-16-8-12(9-16)19-11-4-2-10(3-5-11)13(15)6-7-14(17)18/h2-5,12-13H,6-9,15H2,1H3,(H,17,18). The van der Waals surface area contributed by atoms with Crippen LogP contribution in [0.1, 0.15) is 24.4 Å². The number of nitrogens with zero attached hydrogens (tertiary/aromatic N) is 1. The van der Waals surface area contributed by atoms with Gasteiger partial charge in [0.25, 0.3) is 0 Å². The first-order valence-electron chi connectivity index (χ1n) is 6.47. The van der Waals surface area contributed by atoms with Crippen molar-refractivity contribution in [2.24, 2.45) is 5.73 Å². The van der Waals surface area contributed by atoms with Crippen LogP contribution in [0.25, 0.3) is 0 Å². The largest absolute Gasteiger partial charge is 0.488 e. The lowest BCUT2D eigenvalue weighted by molar-refractivity contribution is -0.137. The molecule has 1 saturated heterocycles. The molecule has 0 bridgehead atoms. The lowest BCUT2D eigenvalue weighted by atomic mass is 10.0. The number of nitrogens with two attached hydrogens (primary N) is 1. The molecule has 1 aliphatic rings. The molecular formula is C14H20N2O3. The van der Waals surface area contributed by atoms with Gasteiger partial charge in [0, 0.05) is 25.6 Å². The van der Waals surface area contributed by atoms with Crippen molar-refractivity contribution in [2.45, 2.75) is 25.0 Å². The molecular weight excluding hydrogens is 244 g/mol. The van der Waals surface area contributed by atoms with E-state index in [4.69, 9.17) is 15.6 Å². The Labute approximate surface area is 113 Å². The van der Waals surface area contributed by atoms with Crippen molar-refractivity contribution < 1.29 is 14.6 Å². The number of hydrogen-bond donors (Lipinski definition) is 2. The second-order valence-corrected chi connectivity index (χ2v) is 5.07. The van der Waals surface area contributed by atoms with Gasteiger partial charge in [-0.3, -0.25) is 9.69 Å². The molecule has 2 rings (SSSR count). The van der Waals surface area contributed by atoms with Crippen molar-refractivity contribution in [1.82, 2.24) is 4.90 Å². The SMILES string of the molecule is CN1CC(Oc2ccc(C(N)CCC(=O)O)cc2)C1. The second kappa shape index (κ2) is 6.04. The van der Waals surface area contributed by atoms with Gasteiger partial charge in [-0.25, -0.2) is 0 Å². The molecule has 0 radical (unpaired) electrons. The molecule has 1 aliphatic heterocycles. The summed E-state index contributed by atoms with van der Waals surface area (Å²) in [5, 5.41) is 8.63. The summed E-state index contributed by atoms with van der Waals surface area (Å²) in [6.45, 7) is 1.92. The van der Waals surface area contributed by atoms with Gasteiger partial charge in [-0.05, 0) is 31.2 Å². The molecule has 5 nitrogen and oxygen atoms in total. The molecule has 1 fully saturated rings. The number of benzene rings is 1. The van der Waals surface area contributed by atoms with E-state index in [1.165, 1.54) is 0 Å². The molecule has 0 amide bonds. The molecule has 1 unspecified atom stereocenters. The average molecular weight is 264 g/mol. The molecule has 0 aromatic heterocycles. The number of rotatable bonds is 6. The van der Waals surface area contributed by atoms with Crippen LogP contribution >= 0.6 is 0 Å². The number of carbonyl (C=O) groups is 1.